The molecular weight excluding hydrogens is 236 g/mol. The van der Waals surface area contributed by atoms with Gasteiger partial charge >= 0.3 is 0 Å². The summed E-state index contributed by atoms with van der Waals surface area (Å²) in [4.78, 5) is 14.1. The maximum absolute atomic E-state index is 12.0. The van der Waals surface area contributed by atoms with E-state index in [2.05, 4.69) is 17.1 Å². The van der Waals surface area contributed by atoms with E-state index in [4.69, 9.17) is 0 Å². The summed E-state index contributed by atoms with van der Waals surface area (Å²) >= 11 is 0. The van der Waals surface area contributed by atoms with E-state index < -0.39 is 0 Å². The smallest absolute Gasteiger partial charge is 0.225 e. The highest BCUT2D eigenvalue weighted by Gasteiger charge is 2.35. The Morgan fingerprint density at radius 2 is 1.84 bits per heavy atom. The Morgan fingerprint density at radius 3 is 2.47 bits per heavy atom. The minimum atomic E-state index is 0.392. The minimum absolute atomic E-state index is 0.392. The first-order valence-electron chi connectivity index (χ1n) is 8.32. The van der Waals surface area contributed by atoms with Crippen molar-refractivity contribution in [1.29, 1.82) is 0 Å². The van der Waals surface area contributed by atoms with Crippen LogP contribution < -0.4 is 5.32 Å². The standard InChI is InChI=1S/C16H28N2O/c1-2-12-4-3-5-15(12)17-14-8-10-18(11-9-14)16(19)13-6-7-13/h12-15,17H,2-11H2,1H3. The van der Waals surface area contributed by atoms with Gasteiger partial charge in [-0.25, -0.2) is 0 Å². The van der Waals surface area contributed by atoms with Gasteiger partial charge in [-0.15, -0.1) is 0 Å². The average molecular weight is 264 g/mol. The van der Waals surface area contributed by atoms with Gasteiger partial charge in [-0.2, -0.15) is 0 Å². The number of hydrogen-bond donors (Lipinski definition) is 1. The lowest BCUT2D eigenvalue weighted by Gasteiger charge is -2.35. The summed E-state index contributed by atoms with van der Waals surface area (Å²) in [6.07, 6.45) is 10.1. The van der Waals surface area contributed by atoms with E-state index in [1.54, 1.807) is 0 Å². The fourth-order valence-electron chi connectivity index (χ4n) is 3.90. The van der Waals surface area contributed by atoms with Crippen molar-refractivity contribution in [1.82, 2.24) is 10.2 Å². The number of amides is 1. The number of hydrogen-bond acceptors (Lipinski definition) is 2. The molecule has 0 aromatic rings. The summed E-state index contributed by atoms with van der Waals surface area (Å²) in [7, 11) is 0. The molecule has 2 unspecified atom stereocenters. The van der Waals surface area contributed by atoms with E-state index in [0.717, 1.165) is 50.7 Å². The van der Waals surface area contributed by atoms with Crippen molar-refractivity contribution < 1.29 is 4.79 Å². The van der Waals surface area contributed by atoms with Crippen LogP contribution >= 0.6 is 0 Å². The summed E-state index contributed by atoms with van der Waals surface area (Å²) in [5, 5.41) is 3.89. The second-order valence-electron chi connectivity index (χ2n) is 6.75. The quantitative estimate of drug-likeness (QED) is 0.846. The van der Waals surface area contributed by atoms with Crippen molar-refractivity contribution in [2.75, 3.05) is 13.1 Å². The number of nitrogens with one attached hydrogen (secondary N) is 1. The molecule has 2 saturated carbocycles. The molecule has 3 heteroatoms. The van der Waals surface area contributed by atoms with Crippen molar-refractivity contribution in [2.45, 2.75) is 70.4 Å². The van der Waals surface area contributed by atoms with Gasteiger partial charge in [0.1, 0.15) is 0 Å². The van der Waals surface area contributed by atoms with Crippen molar-refractivity contribution >= 4 is 5.91 Å². The number of rotatable bonds is 4. The fourth-order valence-corrected chi connectivity index (χ4v) is 3.90. The Hall–Kier alpha value is -0.570. The van der Waals surface area contributed by atoms with Crippen LogP contribution in [0.25, 0.3) is 0 Å². The molecule has 3 fully saturated rings. The van der Waals surface area contributed by atoms with Crippen LogP contribution in [0.1, 0.15) is 58.3 Å². The molecule has 0 radical (unpaired) electrons. The van der Waals surface area contributed by atoms with Gasteiger partial charge in [0.25, 0.3) is 0 Å². The molecule has 0 aromatic carbocycles. The third-order valence-corrected chi connectivity index (χ3v) is 5.37. The molecule has 1 saturated heterocycles. The number of carbonyl (C=O) groups is 1. The number of carbonyl (C=O) groups excluding carboxylic acids is 1. The van der Waals surface area contributed by atoms with Gasteiger partial charge in [0, 0.05) is 31.1 Å². The highest BCUT2D eigenvalue weighted by atomic mass is 16.2. The molecule has 2 atom stereocenters. The van der Waals surface area contributed by atoms with Crippen molar-refractivity contribution in [3.63, 3.8) is 0 Å². The van der Waals surface area contributed by atoms with Crippen LogP contribution in [0.4, 0.5) is 0 Å². The van der Waals surface area contributed by atoms with Gasteiger partial charge < -0.3 is 10.2 Å². The first-order chi connectivity index (χ1) is 9.28. The van der Waals surface area contributed by atoms with Crippen molar-refractivity contribution in [3.05, 3.63) is 0 Å². The zero-order valence-electron chi connectivity index (χ0n) is 12.2. The van der Waals surface area contributed by atoms with E-state index in [9.17, 15) is 4.79 Å². The lowest BCUT2D eigenvalue weighted by molar-refractivity contribution is -0.133. The Bertz CT molecular complexity index is 319. The van der Waals surface area contributed by atoms with Crippen LogP contribution in [0.5, 0.6) is 0 Å². The van der Waals surface area contributed by atoms with Crippen LogP contribution in [0, 0.1) is 11.8 Å². The predicted octanol–water partition coefficient (Wildman–Crippen LogP) is 2.56. The summed E-state index contributed by atoms with van der Waals surface area (Å²) in [6.45, 7) is 4.29. The molecule has 2 aliphatic carbocycles. The zero-order valence-corrected chi connectivity index (χ0v) is 12.2. The maximum atomic E-state index is 12.0. The molecule has 3 aliphatic rings. The monoisotopic (exact) mass is 264 g/mol. The molecule has 1 amide bonds. The van der Waals surface area contributed by atoms with E-state index in [0.29, 0.717) is 17.9 Å². The Morgan fingerprint density at radius 1 is 1.11 bits per heavy atom. The molecule has 3 rings (SSSR count). The van der Waals surface area contributed by atoms with Crippen LogP contribution in [0.3, 0.4) is 0 Å². The first kappa shape index (κ1) is 13.4. The fraction of sp³-hybridized carbons (Fsp3) is 0.938. The summed E-state index contributed by atoms with van der Waals surface area (Å²) < 4.78 is 0. The lowest BCUT2D eigenvalue weighted by Crippen LogP contribution is -2.48. The number of piperidine rings is 1. The third kappa shape index (κ3) is 3.13. The van der Waals surface area contributed by atoms with Crippen molar-refractivity contribution in [3.8, 4) is 0 Å². The SMILES string of the molecule is CCC1CCCC1NC1CCN(C(=O)C2CC2)CC1. The van der Waals surface area contributed by atoms with Gasteiger partial charge in [0.15, 0.2) is 0 Å². The molecule has 1 heterocycles. The predicted molar refractivity (Wildman–Crippen MR) is 76.9 cm³/mol. The average Bonchev–Trinajstić information content (AvgIpc) is 3.20. The molecular formula is C16H28N2O. The second kappa shape index (κ2) is 5.82. The van der Waals surface area contributed by atoms with Crippen LogP contribution in [0.2, 0.25) is 0 Å². The lowest BCUT2D eigenvalue weighted by atomic mass is 9.97. The highest BCUT2D eigenvalue weighted by molar-refractivity contribution is 5.81. The zero-order chi connectivity index (χ0) is 13.2. The van der Waals surface area contributed by atoms with Gasteiger partial charge in [-0.05, 0) is 44.4 Å². The summed E-state index contributed by atoms with van der Waals surface area (Å²) in [6, 6.07) is 1.40. The van der Waals surface area contributed by atoms with Crippen LogP contribution in [-0.2, 0) is 4.79 Å². The molecule has 108 valence electrons. The van der Waals surface area contributed by atoms with E-state index in [-0.39, 0.29) is 0 Å². The largest absolute Gasteiger partial charge is 0.342 e. The number of likely N-dealkylation sites (tertiary alicyclic amines) is 1. The first-order valence-corrected chi connectivity index (χ1v) is 8.32. The molecule has 3 nitrogen and oxygen atoms in total. The molecule has 19 heavy (non-hydrogen) atoms. The van der Waals surface area contributed by atoms with Gasteiger partial charge in [-0.3, -0.25) is 4.79 Å². The maximum Gasteiger partial charge on any atom is 0.225 e. The summed E-state index contributed by atoms with van der Waals surface area (Å²) in [5.74, 6) is 1.72. The van der Waals surface area contributed by atoms with E-state index >= 15 is 0 Å². The van der Waals surface area contributed by atoms with Crippen LogP contribution in [-0.4, -0.2) is 36.0 Å². The van der Waals surface area contributed by atoms with E-state index in [1.165, 1.54) is 25.7 Å². The molecule has 0 bridgehead atoms. The topological polar surface area (TPSA) is 32.3 Å². The number of nitrogens with zero attached hydrogens (tertiary/aromatic N) is 1. The molecule has 0 spiro atoms. The molecule has 0 aromatic heterocycles. The van der Waals surface area contributed by atoms with Crippen molar-refractivity contribution in [2.24, 2.45) is 11.8 Å². The van der Waals surface area contributed by atoms with E-state index in [1.807, 2.05) is 0 Å². The molecule has 1 aliphatic heterocycles. The van der Waals surface area contributed by atoms with Crippen LogP contribution in [0.15, 0.2) is 0 Å². The minimum Gasteiger partial charge on any atom is -0.342 e. The Balaban J connectivity index is 1.43. The second-order valence-corrected chi connectivity index (χ2v) is 6.75. The third-order valence-electron chi connectivity index (χ3n) is 5.37. The van der Waals surface area contributed by atoms with Gasteiger partial charge in [0.05, 0.1) is 0 Å². The van der Waals surface area contributed by atoms with Gasteiger partial charge in [0.2, 0.25) is 5.91 Å². The highest BCUT2D eigenvalue weighted by Crippen LogP contribution is 2.32. The summed E-state index contributed by atoms with van der Waals surface area (Å²) in [5.41, 5.74) is 0. The normalized spacial score (nSPS) is 32.8. The Kier molecular flexibility index (Phi) is 4.11. The molecule has 1 N–H and O–H groups in total. The van der Waals surface area contributed by atoms with Gasteiger partial charge in [-0.1, -0.05) is 19.8 Å². The Labute approximate surface area is 117 Å².